The molecule has 2 N–H and O–H groups in total. The highest BCUT2D eigenvalue weighted by Gasteiger charge is 2.59. The largest absolute Gasteiger partial charge is 0.481 e. The lowest BCUT2D eigenvalue weighted by Gasteiger charge is -2.46. The van der Waals surface area contributed by atoms with E-state index in [4.69, 9.17) is 11.6 Å². The highest BCUT2D eigenvalue weighted by atomic mass is 35.5. The van der Waals surface area contributed by atoms with Crippen molar-refractivity contribution in [1.29, 1.82) is 0 Å². The molecule has 3 unspecified atom stereocenters. The third kappa shape index (κ3) is 3.11. The normalized spacial score (nSPS) is 28.7. The molecule has 1 fully saturated rings. The Bertz CT molecular complexity index is 773. The quantitative estimate of drug-likeness (QED) is 0.583. The van der Waals surface area contributed by atoms with Crippen molar-refractivity contribution in [3.63, 3.8) is 0 Å². The van der Waals surface area contributed by atoms with Crippen LogP contribution in [0.5, 0.6) is 0 Å². The molecule has 0 amide bonds. The van der Waals surface area contributed by atoms with Crippen LogP contribution in [0.25, 0.3) is 0 Å². The average molecular weight is 392 g/mol. The van der Waals surface area contributed by atoms with Gasteiger partial charge in [0.25, 0.3) is 5.69 Å². The van der Waals surface area contributed by atoms with Gasteiger partial charge in [-0.15, -0.1) is 0 Å². The maximum absolute atomic E-state index is 13.4. The van der Waals surface area contributed by atoms with Gasteiger partial charge in [0, 0.05) is 23.1 Å². The molecule has 1 aliphatic carbocycles. The summed E-state index contributed by atoms with van der Waals surface area (Å²) in [5.41, 5.74) is -4.50. The Hall–Kier alpha value is -2.29. The van der Waals surface area contributed by atoms with Gasteiger partial charge in [-0.2, -0.15) is 0 Å². The fourth-order valence-corrected chi connectivity index (χ4v) is 4.02. The molecule has 3 atom stereocenters. The first-order valence-electron chi connectivity index (χ1n) is 7.65. The Labute approximate surface area is 151 Å². The number of non-ortho nitro benzene ring substituents is 1. The van der Waals surface area contributed by atoms with Crippen LogP contribution in [0.3, 0.4) is 0 Å². The minimum Gasteiger partial charge on any atom is -0.481 e. The lowest BCUT2D eigenvalue weighted by atomic mass is 9.56. The Morgan fingerprint density at radius 3 is 2.42 bits per heavy atom. The number of carboxylic acid groups (broad SMARTS) is 2. The first-order valence-corrected chi connectivity index (χ1v) is 8.03. The zero-order valence-corrected chi connectivity index (χ0v) is 14.4. The molecule has 1 saturated carbocycles. The van der Waals surface area contributed by atoms with Crippen LogP contribution in [0.4, 0.5) is 14.5 Å². The number of nitro groups is 1. The van der Waals surface area contributed by atoms with Gasteiger partial charge in [-0.1, -0.05) is 11.6 Å². The number of alkyl halides is 2. The highest BCUT2D eigenvalue weighted by Crippen LogP contribution is 2.54. The SMILES string of the molecule is CC1(C(=O)O)CC(C(=O)O)(c2cc([N+](=O)[O-])ccc2Cl)CCC1C(F)F. The summed E-state index contributed by atoms with van der Waals surface area (Å²) in [6, 6.07) is 3.21. The molecule has 142 valence electrons. The van der Waals surface area contributed by atoms with Crippen molar-refractivity contribution in [3.05, 3.63) is 38.9 Å². The molecule has 0 radical (unpaired) electrons. The van der Waals surface area contributed by atoms with Crippen LogP contribution in [0.2, 0.25) is 5.02 Å². The maximum Gasteiger partial charge on any atom is 0.314 e. The molecule has 0 spiro atoms. The number of halogens is 3. The number of hydrogen-bond donors (Lipinski definition) is 2. The molecule has 7 nitrogen and oxygen atoms in total. The molecule has 26 heavy (non-hydrogen) atoms. The molecule has 0 bridgehead atoms. The van der Waals surface area contributed by atoms with Crippen molar-refractivity contribution in [1.82, 2.24) is 0 Å². The zero-order valence-electron chi connectivity index (χ0n) is 13.6. The van der Waals surface area contributed by atoms with Crippen molar-refractivity contribution in [3.8, 4) is 0 Å². The van der Waals surface area contributed by atoms with E-state index >= 15 is 0 Å². The summed E-state index contributed by atoms with van der Waals surface area (Å²) >= 11 is 6.06. The fourth-order valence-electron chi connectivity index (χ4n) is 3.73. The summed E-state index contributed by atoms with van der Waals surface area (Å²) in [6.45, 7) is 1.08. The number of benzene rings is 1. The van der Waals surface area contributed by atoms with E-state index in [1.165, 1.54) is 0 Å². The summed E-state index contributed by atoms with van der Waals surface area (Å²) in [4.78, 5) is 34.1. The van der Waals surface area contributed by atoms with Crippen LogP contribution in [-0.4, -0.2) is 33.5 Å². The molecule has 1 aromatic rings. The van der Waals surface area contributed by atoms with Gasteiger partial charge < -0.3 is 10.2 Å². The maximum atomic E-state index is 13.4. The Balaban J connectivity index is 2.66. The van der Waals surface area contributed by atoms with Gasteiger partial charge in [-0.3, -0.25) is 19.7 Å². The summed E-state index contributed by atoms with van der Waals surface area (Å²) in [7, 11) is 0. The van der Waals surface area contributed by atoms with E-state index in [-0.39, 0.29) is 23.4 Å². The molecule has 0 heterocycles. The number of nitro benzene ring substituents is 1. The van der Waals surface area contributed by atoms with Crippen molar-refractivity contribution in [2.45, 2.75) is 38.0 Å². The molecule has 1 aliphatic rings. The van der Waals surface area contributed by atoms with Crippen LogP contribution in [0.1, 0.15) is 31.7 Å². The number of carboxylic acids is 2. The molecule has 2 rings (SSSR count). The summed E-state index contributed by atoms with van der Waals surface area (Å²) < 4.78 is 26.7. The zero-order chi connectivity index (χ0) is 19.9. The van der Waals surface area contributed by atoms with Crippen LogP contribution in [0.15, 0.2) is 18.2 Å². The Morgan fingerprint density at radius 1 is 1.35 bits per heavy atom. The predicted octanol–water partition coefficient (Wildman–Crippen LogP) is 3.73. The van der Waals surface area contributed by atoms with Crippen LogP contribution in [0, 0.1) is 21.4 Å². The van der Waals surface area contributed by atoms with E-state index in [9.17, 15) is 38.7 Å². The number of aliphatic carboxylic acids is 2. The topological polar surface area (TPSA) is 118 Å². The standard InChI is InChI=1S/C16H16ClF2NO6/c1-15(13(21)22)7-16(14(23)24,5-4-9(15)12(18)19)10-6-8(20(25)26)2-3-11(10)17/h2-3,6,9,12H,4-5,7H2,1H3,(H,21,22)(H,23,24). The second-order valence-corrected chi connectivity index (χ2v) is 7.09. The van der Waals surface area contributed by atoms with E-state index in [1.807, 2.05) is 0 Å². The van der Waals surface area contributed by atoms with E-state index in [0.717, 1.165) is 25.1 Å². The molecule has 10 heteroatoms. The number of rotatable bonds is 5. The van der Waals surface area contributed by atoms with Crippen molar-refractivity contribution in [2.24, 2.45) is 11.3 Å². The van der Waals surface area contributed by atoms with Crippen LogP contribution < -0.4 is 0 Å². The number of nitrogens with zero attached hydrogens (tertiary/aromatic N) is 1. The van der Waals surface area contributed by atoms with Gasteiger partial charge in [0.1, 0.15) is 0 Å². The minimum absolute atomic E-state index is 0.0961. The fraction of sp³-hybridized carbons (Fsp3) is 0.500. The number of hydrogen-bond acceptors (Lipinski definition) is 4. The van der Waals surface area contributed by atoms with Crippen molar-refractivity contribution >= 4 is 29.2 Å². The van der Waals surface area contributed by atoms with Crippen molar-refractivity contribution in [2.75, 3.05) is 0 Å². The average Bonchev–Trinajstić information content (AvgIpc) is 2.54. The molecular weight excluding hydrogens is 376 g/mol. The Kier molecular flexibility index (Phi) is 5.23. The third-order valence-corrected chi connectivity index (χ3v) is 5.58. The summed E-state index contributed by atoms with van der Waals surface area (Å²) in [5, 5.41) is 30.3. The van der Waals surface area contributed by atoms with Crippen LogP contribution in [-0.2, 0) is 15.0 Å². The van der Waals surface area contributed by atoms with Crippen LogP contribution >= 0.6 is 11.6 Å². The summed E-state index contributed by atoms with van der Waals surface area (Å²) in [5.74, 6) is -4.54. The molecule has 0 saturated heterocycles. The predicted molar refractivity (Wildman–Crippen MR) is 86.5 cm³/mol. The monoisotopic (exact) mass is 391 g/mol. The molecular formula is C16H16ClF2NO6. The highest BCUT2D eigenvalue weighted by molar-refractivity contribution is 6.31. The van der Waals surface area contributed by atoms with E-state index in [2.05, 4.69) is 0 Å². The number of carbonyl (C=O) groups is 2. The van der Waals surface area contributed by atoms with Gasteiger partial charge in [-0.05, 0) is 37.8 Å². The Morgan fingerprint density at radius 2 is 1.96 bits per heavy atom. The lowest BCUT2D eigenvalue weighted by molar-refractivity contribution is -0.385. The minimum atomic E-state index is -2.94. The molecule has 0 aromatic heterocycles. The second kappa shape index (κ2) is 6.79. The molecule has 1 aromatic carbocycles. The summed E-state index contributed by atoms with van der Waals surface area (Å²) in [6.07, 6.45) is -4.27. The first kappa shape index (κ1) is 20.0. The first-order chi connectivity index (χ1) is 12.0. The van der Waals surface area contributed by atoms with Gasteiger partial charge in [0.15, 0.2) is 0 Å². The van der Waals surface area contributed by atoms with E-state index in [0.29, 0.717) is 0 Å². The van der Waals surface area contributed by atoms with E-state index < -0.39 is 52.1 Å². The van der Waals surface area contributed by atoms with Gasteiger partial charge >= 0.3 is 11.9 Å². The van der Waals surface area contributed by atoms with Gasteiger partial charge in [0.2, 0.25) is 6.43 Å². The second-order valence-electron chi connectivity index (χ2n) is 6.69. The van der Waals surface area contributed by atoms with Crippen molar-refractivity contribution < 1.29 is 33.5 Å². The smallest absolute Gasteiger partial charge is 0.314 e. The van der Waals surface area contributed by atoms with Gasteiger partial charge in [-0.25, -0.2) is 8.78 Å². The van der Waals surface area contributed by atoms with E-state index in [1.54, 1.807) is 0 Å². The third-order valence-electron chi connectivity index (χ3n) is 5.25. The van der Waals surface area contributed by atoms with Gasteiger partial charge in [0.05, 0.1) is 15.8 Å². The molecule has 0 aliphatic heterocycles. The lowest BCUT2D eigenvalue weighted by Crippen LogP contribution is -2.53.